The Hall–Kier alpha value is -2.96. The zero-order valence-electron chi connectivity index (χ0n) is 16.3. The molecular formula is C21H24N6O. The van der Waals surface area contributed by atoms with Crippen molar-refractivity contribution in [2.45, 2.75) is 38.6 Å². The molecule has 3 aromatic rings. The number of nitrogens with zero attached hydrogens (tertiary/aromatic N) is 6. The van der Waals surface area contributed by atoms with E-state index in [0.29, 0.717) is 5.69 Å². The Morgan fingerprint density at radius 1 is 1.18 bits per heavy atom. The molecule has 1 aliphatic heterocycles. The van der Waals surface area contributed by atoms with Crippen LogP contribution in [0.15, 0.2) is 30.5 Å². The van der Waals surface area contributed by atoms with Gasteiger partial charge in [0.2, 0.25) is 0 Å². The maximum Gasteiger partial charge on any atom is 0.272 e. The topological polar surface area (TPSA) is 66.6 Å². The molecule has 0 aromatic carbocycles. The Bertz CT molecular complexity index is 1050. The molecule has 2 aliphatic rings. The molecule has 7 nitrogen and oxygen atoms in total. The number of rotatable bonds is 3. The number of carbonyl (C=O) groups excluding carboxylic acids is 1. The molecule has 3 aromatic heterocycles. The lowest BCUT2D eigenvalue weighted by molar-refractivity contribution is 0.0697. The molecule has 4 heterocycles. The molecule has 1 saturated heterocycles. The minimum absolute atomic E-state index is 0.0115. The number of likely N-dealkylation sites (N-methyl/N-ethyl adjacent to an activating group) is 1. The molecule has 0 N–H and O–H groups in total. The lowest BCUT2D eigenvalue weighted by Crippen LogP contribution is -2.60. The van der Waals surface area contributed by atoms with Crippen LogP contribution in [-0.4, -0.2) is 56.6 Å². The maximum atomic E-state index is 13.1. The summed E-state index contributed by atoms with van der Waals surface area (Å²) in [5.41, 5.74) is 4.70. The number of pyridine rings is 1. The highest BCUT2D eigenvalue weighted by Gasteiger charge is 2.35. The van der Waals surface area contributed by atoms with E-state index in [4.69, 9.17) is 0 Å². The zero-order chi connectivity index (χ0) is 19.3. The van der Waals surface area contributed by atoms with Crippen LogP contribution in [0.3, 0.4) is 0 Å². The van der Waals surface area contributed by atoms with Gasteiger partial charge in [0.05, 0.1) is 17.4 Å². The zero-order valence-corrected chi connectivity index (χ0v) is 16.3. The lowest BCUT2D eigenvalue weighted by atomic mass is 9.96. The second-order valence-electron chi connectivity index (χ2n) is 7.83. The number of imidazole rings is 1. The minimum atomic E-state index is 0.0115. The van der Waals surface area contributed by atoms with Gasteiger partial charge in [0.25, 0.3) is 5.91 Å². The first-order valence-corrected chi connectivity index (χ1v) is 9.93. The Morgan fingerprint density at radius 2 is 2.00 bits per heavy atom. The molecule has 7 heteroatoms. The van der Waals surface area contributed by atoms with Crippen LogP contribution in [0.2, 0.25) is 0 Å². The molecule has 0 atom stereocenters. The highest BCUT2D eigenvalue weighted by molar-refractivity contribution is 5.95. The first-order chi connectivity index (χ1) is 13.6. The fourth-order valence-corrected chi connectivity index (χ4v) is 4.22. The van der Waals surface area contributed by atoms with Gasteiger partial charge >= 0.3 is 0 Å². The Kier molecular flexibility index (Phi) is 4.03. The smallest absolute Gasteiger partial charge is 0.272 e. The molecule has 0 saturated carbocycles. The van der Waals surface area contributed by atoms with Crippen molar-refractivity contribution in [2.24, 2.45) is 0 Å². The average Bonchev–Trinajstić information content (AvgIpc) is 3.01. The number of aromatic nitrogens is 4. The fourth-order valence-electron chi connectivity index (χ4n) is 4.22. The van der Waals surface area contributed by atoms with Gasteiger partial charge in [0.15, 0.2) is 5.82 Å². The van der Waals surface area contributed by atoms with E-state index in [1.807, 2.05) is 47.7 Å². The van der Waals surface area contributed by atoms with Crippen molar-refractivity contribution in [1.29, 1.82) is 0 Å². The lowest BCUT2D eigenvalue weighted by Gasteiger charge is -2.44. The predicted octanol–water partition coefficient (Wildman–Crippen LogP) is 2.27. The second kappa shape index (κ2) is 6.58. The van der Waals surface area contributed by atoms with Gasteiger partial charge in [-0.3, -0.25) is 9.20 Å². The first kappa shape index (κ1) is 17.2. The maximum absolute atomic E-state index is 13.1. The van der Waals surface area contributed by atoms with Crippen LogP contribution < -0.4 is 4.90 Å². The monoisotopic (exact) mass is 376 g/mol. The molecule has 1 fully saturated rings. The SMILES string of the molecule is Cc1nc2ccccn2c1C(=O)N(C)C1CN(c2cc3c(nn2)CCCC3)C1. The summed E-state index contributed by atoms with van der Waals surface area (Å²) < 4.78 is 1.87. The number of hydrogen-bond acceptors (Lipinski definition) is 5. The van der Waals surface area contributed by atoms with E-state index in [9.17, 15) is 4.79 Å². The van der Waals surface area contributed by atoms with Crippen LogP contribution in [0.25, 0.3) is 5.65 Å². The molecule has 5 rings (SSSR count). The highest BCUT2D eigenvalue weighted by atomic mass is 16.2. The van der Waals surface area contributed by atoms with Crippen molar-refractivity contribution in [2.75, 3.05) is 25.0 Å². The van der Waals surface area contributed by atoms with Crippen molar-refractivity contribution in [3.05, 3.63) is 53.1 Å². The van der Waals surface area contributed by atoms with E-state index in [1.165, 1.54) is 18.4 Å². The molecule has 0 bridgehead atoms. The quantitative estimate of drug-likeness (QED) is 0.702. The van der Waals surface area contributed by atoms with E-state index in [-0.39, 0.29) is 11.9 Å². The third-order valence-electron chi connectivity index (χ3n) is 6.02. The van der Waals surface area contributed by atoms with Crippen molar-refractivity contribution < 1.29 is 4.79 Å². The summed E-state index contributed by atoms with van der Waals surface area (Å²) in [4.78, 5) is 21.7. The molecule has 1 amide bonds. The van der Waals surface area contributed by atoms with E-state index in [0.717, 1.165) is 48.8 Å². The number of carbonyl (C=O) groups is 1. The normalized spacial score (nSPS) is 16.7. The van der Waals surface area contributed by atoms with Crippen LogP contribution in [0.5, 0.6) is 0 Å². The fraction of sp³-hybridized carbons (Fsp3) is 0.429. The second-order valence-corrected chi connectivity index (χ2v) is 7.83. The highest BCUT2D eigenvalue weighted by Crippen LogP contribution is 2.26. The first-order valence-electron chi connectivity index (χ1n) is 9.93. The van der Waals surface area contributed by atoms with Crippen molar-refractivity contribution in [1.82, 2.24) is 24.5 Å². The molecule has 28 heavy (non-hydrogen) atoms. The van der Waals surface area contributed by atoms with Crippen molar-refractivity contribution >= 4 is 17.4 Å². The van der Waals surface area contributed by atoms with E-state index >= 15 is 0 Å². The molecule has 0 spiro atoms. The average molecular weight is 376 g/mol. The Morgan fingerprint density at radius 3 is 2.86 bits per heavy atom. The van der Waals surface area contributed by atoms with E-state index < -0.39 is 0 Å². The van der Waals surface area contributed by atoms with Gasteiger partial charge in [-0.2, -0.15) is 5.10 Å². The molecule has 0 radical (unpaired) electrons. The van der Waals surface area contributed by atoms with Gasteiger partial charge in [0.1, 0.15) is 11.3 Å². The summed E-state index contributed by atoms with van der Waals surface area (Å²) in [5.74, 6) is 0.945. The number of hydrogen-bond donors (Lipinski definition) is 0. The minimum Gasteiger partial charge on any atom is -0.351 e. The van der Waals surface area contributed by atoms with Gasteiger partial charge in [-0.25, -0.2) is 4.98 Å². The molecule has 0 unspecified atom stereocenters. The largest absolute Gasteiger partial charge is 0.351 e. The van der Waals surface area contributed by atoms with Crippen LogP contribution in [0.4, 0.5) is 5.82 Å². The Balaban J connectivity index is 1.31. The number of anilines is 1. The van der Waals surface area contributed by atoms with Crippen molar-refractivity contribution in [3.63, 3.8) is 0 Å². The van der Waals surface area contributed by atoms with Crippen LogP contribution in [-0.2, 0) is 12.8 Å². The number of fused-ring (bicyclic) bond motifs is 2. The third kappa shape index (κ3) is 2.73. The summed E-state index contributed by atoms with van der Waals surface area (Å²) in [6.45, 7) is 3.46. The van der Waals surface area contributed by atoms with Gasteiger partial charge in [-0.05, 0) is 56.4 Å². The van der Waals surface area contributed by atoms with Crippen LogP contribution in [0.1, 0.15) is 40.3 Å². The molecular weight excluding hydrogens is 352 g/mol. The van der Waals surface area contributed by atoms with Gasteiger partial charge in [0, 0.05) is 26.3 Å². The summed E-state index contributed by atoms with van der Waals surface area (Å²) in [6, 6.07) is 8.13. The number of aryl methyl sites for hydroxylation is 3. The summed E-state index contributed by atoms with van der Waals surface area (Å²) >= 11 is 0. The summed E-state index contributed by atoms with van der Waals surface area (Å²) in [5, 5.41) is 8.85. The number of amides is 1. The van der Waals surface area contributed by atoms with Gasteiger partial charge < -0.3 is 9.80 Å². The standard InChI is InChI=1S/C21H24N6O/c1-14-20(27-10-6-5-9-18(27)22-14)21(28)25(2)16-12-26(13-16)19-11-15-7-3-4-8-17(15)23-24-19/h5-6,9-11,16H,3-4,7-8,12-13H2,1-2H3. The predicted molar refractivity (Wildman–Crippen MR) is 107 cm³/mol. The summed E-state index contributed by atoms with van der Waals surface area (Å²) in [6.07, 6.45) is 6.48. The molecule has 144 valence electrons. The van der Waals surface area contributed by atoms with Gasteiger partial charge in [-0.1, -0.05) is 6.07 Å². The summed E-state index contributed by atoms with van der Waals surface area (Å²) in [7, 11) is 1.88. The molecule has 1 aliphatic carbocycles. The van der Waals surface area contributed by atoms with Crippen LogP contribution in [0, 0.1) is 6.92 Å². The Labute approximate surface area is 164 Å². The van der Waals surface area contributed by atoms with E-state index in [2.05, 4.69) is 26.1 Å². The van der Waals surface area contributed by atoms with E-state index in [1.54, 1.807) is 0 Å². The third-order valence-corrected chi connectivity index (χ3v) is 6.02. The van der Waals surface area contributed by atoms with Gasteiger partial charge in [-0.15, -0.1) is 5.10 Å². The van der Waals surface area contributed by atoms with Crippen molar-refractivity contribution in [3.8, 4) is 0 Å². The van der Waals surface area contributed by atoms with Crippen LogP contribution >= 0.6 is 0 Å².